The van der Waals surface area contributed by atoms with Crippen molar-refractivity contribution in [2.75, 3.05) is 18.1 Å². The van der Waals surface area contributed by atoms with E-state index < -0.39 is 0 Å². The second-order valence-electron chi connectivity index (χ2n) is 6.19. The molecule has 112 valence electrons. The predicted molar refractivity (Wildman–Crippen MR) is 79.9 cm³/mol. The lowest BCUT2D eigenvalue weighted by molar-refractivity contribution is 0.238. The molecule has 5 heteroatoms. The molecule has 5 nitrogen and oxygen atoms in total. The fraction of sp³-hybridized carbons (Fsp3) is 0.800. The van der Waals surface area contributed by atoms with E-state index in [0.29, 0.717) is 6.04 Å². The number of nitrogens with one attached hydrogen (secondary N) is 1. The quantitative estimate of drug-likeness (QED) is 0.853. The molecule has 2 fully saturated rings. The molecule has 1 saturated heterocycles. The fourth-order valence-corrected chi connectivity index (χ4v) is 3.26. The minimum absolute atomic E-state index is 0.236. The number of aliphatic hydroxyl groups excluding tert-OH is 1. The van der Waals surface area contributed by atoms with Crippen molar-refractivity contribution in [2.45, 2.75) is 57.7 Å². The van der Waals surface area contributed by atoms with Gasteiger partial charge in [-0.15, -0.1) is 0 Å². The average Bonchev–Trinajstić information content (AvgIpc) is 3.22. The number of aromatic nitrogens is 2. The Balaban J connectivity index is 1.85. The number of aryl methyl sites for hydroxylation is 2. The number of hydrogen-bond donors (Lipinski definition) is 2. The molecule has 0 aromatic carbocycles. The summed E-state index contributed by atoms with van der Waals surface area (Å²) in [6.45, 7) is 4.25. The van der Waals surface area contributed by atoms with Crippen LogP contribution in [0.1, 0.15) is 43.4 Å². The minimum atomic E-state index is 0.236. The summed E-state index contributed by atoms with van der Waals surface area (Å²) in [6.07, 6.45) is 6.11. The van der Waals surface area contributed by atoms with Crippen LogP contribution < -0.4 is 10.2 Å². The lowest BCUT2D eigenvalue weighted by atomic mass is 10.0. The standard InChI is InChI=1S/C15H26N4O/c1-11-14(9-16-12-6-7-12)15(18(2)17-11)19-8-4-3-5-13(19)10-20/h12-13,16,20H,3-10H2,1-2H3. The number of hydrogen-bond acceptors (Lipinski definition) is 4. The normalized spacial score (nSPS) is 23.4. The maximum Gasteiger partial charge on any atom is 0.131 e. The van der Waals surface area contributed by atoms with Crippen LogP contribution in [0.25, 0.3) is 0 Å². The van der Waals surface area contributed by atoms with Gasteiger partial charge >= 0.3 is 0 Å². The van der Waals surface area contributed by atoms with E-state index in [-0.39, 0.29) is 12.6 Å². The molecule has 1 aromatic rings. The molecule has 2 heterocycles. The molecule has 0 bridgehead atoms. The zero-order valence-corrected chi connectivity index (χ0v) is 12.6. The summed E-state index contributed by atoms with van der Waals surface area (Å²) in [6, 6.07) is 0.954. The van der Waals surface area contributed by atoms with E-state index in [1.54, 1.807) is 0 Å². The minimum Gasteiger partial charge on any atom is -0.394 e. The van der Waals surface area contributed by atoms with Crippen LogP contribution in [0.5, 0.6) is 0 Å². The highest BCUT2D eigenvalue weighted by atomic mass is 16.3. The van der Waals surface area contributed by atoms with Gasteiger partial charge in [-0.2, -0.15) is 5.10 Å². The molecule has 1 saturated carbocycles. The maximum atomic E-state index is 9.65. The lowest BCUT2D eigenvalue weighted by Crippen LogP contribution is -2.43. The third kappa shape index (κ3) is 2.69. The summed E-state index contributed by atoms with van der Waals surface area (Å²) in [5.41, 5.74) is 2.41. The molecule has 0 amide bonds. The molecule has 20 heavy (non-hydrogen) atoms. The Morgan fingerprint density at radius 3 is 2.80 bits per heavy atom. The molecular weight excluding hydrogens is 252 g/mol. The van der Waals surface area contributed by atoms with Crippen molar-refractivity contribution in [2.24, 2.45) is 7.05 Å². The first-order valence-electron chi connectivity index (χ1n) is 7.84. The van der Waals surface area contributed by atoms with Crippen LogP contribution in [0.2, 0.25) is 0 Å². The van der Waals surface area contributed by atoms with Gasteiger partial charge in [-0.25, -0.2) is 0 Å². The third-order valence-electron chi connectivity index (χ3n) is 4.57. The van der Waals surface area contributed by atoms with E-state index in [0.717, 1.165) is 25.2 Å². The van der Waals surface area contributed by atoms with Crippen molar-refractivity contribution in [3.05, 3.63) is 11.3 Å². The van der Waals surface area contributed by atoms with Crippen LogP contribution >= 0.6 is 0 Å². The highest BCUT2D eigenvalue weighted by Gasteiger charge is 2.28. The second kappa shape index (κ2) is 5.74. The van der Waals surface area contributed by atoms with Crippen molar-refractivity contribution < 1.29 is 5.11 Å². The van der Waals surface area contributed by atoms with Gasteiger partial charge < -0.3 is 15.3 Å². The number of piperidine rings is 1. The fourth-order valence-electron chi connectivity index (χ4n) is 3.26. The summed E-state index contributed by atoms with van der Waals surface area (Å²) < 4.78 is 1.99. The van der Waals surface area contributed by atoms with Crippen molar-refractivity contribution in [1.82, 2.24) is 15.1 Å². The Labute approximate surface area is 121 Å². The van der Waals surface area contributed by atoms with Crippen LogP contribution in [-0.2, 0) is 13.6 Å². The summed E-state index contributed by atoms with van der Waals surface area (Å²) in [5, 5.41) is 17.9. The van der Waals surface area contributed by atoms with Gasteiger partial charge in [0.15, 0.2) is 0 Å². The van der Waals surface area contributed by atoms with Gasteiger partial charge in [-0.05, 0) is 39.0 Å². The molecule has 1 aromatic heterocycles. The predicted octanol–water partition coefficient (Wildman–Crippen LogP) is 1.33. The summed E-state index contributed by atoms with van der Waals surface area (Å²) in [4.78, 5) is 2.37. The molecule has 3 rings (SSSR count). The van der Waals surface area contributed by atoms with Crippen LogP contribution in [0.3, 0.4) is 0 Å². The molecular formula is C15H26N4O. The first-order chi connectivity index (χ1) is 9.70. The Morgan fingerprint density at radius 2 is 2.10 bits per heavy atom. The highest BCUT2D eigenvalue weighted by Crippen LogP contribution is 2.30. The number of nitrogens with zero attached hydrogens (tertiary/aromatic N) is 3. The Morgan fingerprint density at radius 1 is 1.30 bits per heavy atom. The maximum absolute atomic E-state index is 9.65. The molecule has 0 radical (unpaired) electrons. The van der Waals surface area contributed by atoms with Gasteiger partial charge in [0.05, 0.1) is 18.3 Å². The number of rotatable bonds is 5. The van der Waals surface area contributed by atoms with Crippen LogP contribution in [-0.4, -0.2) is 40.1 Å². The molecule has 1 atom stereocenters. The van der Waals surface area contributed by atoms with E-state index in [2.05, 4.69) is 22.2 Å². The number of aliphatic hydroxyl groups is 1. The molecule has 1 aliphatic carbocycles. The summed E-state index contributed by atoms with van der Waals surface area (Å²) in [5.74, 6) is 1.20. The molecule has 2 aliphatic rings. The topological polar surface area (TPSA) is 53.3 Å². The van der Waals surface area contributed by atoms with E-state index in [9.17, 15) is 5.11 Å². The summed E-state index contributed by atoms with van der Waals surface area (Å²) in [7, 11) is 2.02. The van der Waals surface area contributed by atoms with Crippen LogP contribution in [0.15, 0.2) is 0 Å². The lowest BCUT2D eigenvalue weighted by Gasteiger charge is -2.37. The zero-order valence-electron chi connectivity index (χ0n) is 12.6. The van der Waals surface area contributed by atoms with E-state index in [4.69, 9.17) is 0 Å². The summed E-state index contributed by atoms with van der Waals surface area (Å²) >= 11 is 0. The van der Waals surface area contributed by atoms with E-state index >= 15 is 0 Å². The average molecular weight is 278 g/mol. The van der Waals surface area contributed by atoms with Crippen molar-refractivity contribution in [1.29, 1.82) is 0 Å². The highest BCUT2D eigenvalue weighted by molar-refractivity contribution is 5.51. The molecule has 1 unspecified atom stereocenters. The van der Waals surface area contributed by atoms with Crippen molar-refractivity contribution in [3.8, 4) is 0 Å². The van der Waals surface area contributed by atoms with Gasteiger partial charge in [0, 0.05) is 31.7 Å². The third-order valence-corrected chi connectivity index (χ3v) is 4.57. The van der Waals surface area contributed by atoms with Crippen LogP contribution in [0, 0.1) is 6.92 Å². The Bertz CT molecular complexity index is 467. The van der Waals surface area contributed by atoms with Crippen LogP contribution in [0.4, 0.5) is 5.82 Å². The van der Waals surface area contributed by atoms with Gasteiger partial charge in [0.2, 0.25) is 0 Å². The van der Waals surface area contributed by atoms with Crippen molar-refractivity contribution >= 4 is 5.82 Å². The van der Waals surface area contributed by atoms with Gasteiger partial charge in [0.25, 0.3) is 0 Å². The largest absolute Gasteiger partial charge is 0.394 e. The first kappa shape index (κ1) is 13.9. The molecule has 0 spiro atoms. The Kier molecular flexibility index (Phi) is 3.98. The number of anilines is 1. The molecule has 1 aliphatic heterocycles. The van der Waals surface area contributed by atoms with E-state index in [1.807, 2.05) is 11.7 Å². The zero-order chi connectivity index (χ0) is 14.1. The van der Waals surface area contributed by atoms with Crippen molar-refractivity contribution in [3.63, 3.8) is 0 Å². The van der Waals surface area contributed by atoms with Gasteiger partial charge in [-0.1, -0.05) is 0 Å². The Hall–Kier alpha value is -1.07. The second-order valence-corrected chi connectivity index (χ2v) is 6.19. The SMILES string of the molecule is Cc1nn(C)c(N2CCCCC2CO)c1CNC1CC1. The van der Waals surface area contributed by atoms with Gasteiger partial charge in [0.1, 0.15) is 5.82 Å². The smallest absolute Gasteiger partial charge is 0.131 e. The van der Waals surface area contributed by atoms with E-state index in [1.165, 1.54) is 37.1 Å². The molecule has 2 N–H and O–H groups in total. The monoisotopic (exact) mass is 278 g/mol. The van der Waals surface area contributed by atoms with Gasteiger partial charge in [-0.3, -0.25) is 4.68 Å². The first-order valence-corrected chi connectivity index (χ1v) is 7.84.